The third-order valence-electron chi connectivity index (χ3n) is 10.9. The van der Waals surface area contributed by atoms with Crippen molar-refractivity contribution in [1.82, 2.24) is 0 Å². The zero-order chi connectivity index (χ0) is 26.4. The molecule has 2 N–H and O–H groups in total. The molecule has 4 aliphatic carbocycles. The molecule has 4 aliphatic rings. The molecule has 212 valence electrons. The molecular weight excluding hydrogens is 461 g/mol. The van der Waals surface area contributed by atoms with Crippen LogP contribution < -0.4 is 0 Å². The fraction of sp³-hybridized carbons (Fsp3) is 0.935. The lowest BCUT2D eigenvalue weighted by Crippen LogP contribution is -2.51. The predicted molar refractivity (Wildman–Crippen MR) is 144 cm³/mol. The number of rotatable bonds is 5. The summed E-state index contributed by atoms with van der Waals surface area (Å²) < 4.78 is 40.0. The van der Waals surface area contributed by atoms with Gasteiger partial charge in [0.25, 0.3) is 0 Å². The first kappa shape index (κ1) is 31.7. The maximum atomic E-state index is 13.9. The van der Waals surface area contributed by atoms with E-state index < -0.39 is 23.3 Å². The molecule has 0 saturated heterocycles. The van der Waals surface area contributed by atoms with Gasteiger partial charge in [-0.05, 0) is 120 Å². The quantitative estimate of drug-likeness (QED) is 0.358. The Morgan fingerprint density at radius 3 is 2.19 bits per heavy atom. The van der Waals surface area contributed by atoms with Gasteiger partial charge in [0.1, 0.15) is 5.67 Å². The van der Waals surface area contributed by atoms with E-state index in [1.54, 1.807) is 6.92 Å². The minimum Gasteiger partial charge on any atom is -0.390 e. The van der Waals surface area contributed by atoms with Crippen molar-refractivity contribution in [3.05, 3.63) is 11.6 Å². The van der Waals surface area contributed by atoms with Crippen LogP contribution in [0.5, 0.6) is 0 Å². The number of hydrogen-bond donors (Lipinski definition) is 2. The molecule has 7 unspecified atom stereocenters. The number of aliphatic hydroxyl groups is 2. The lowest BCUT2D eigenvalue weighted by molar-refractivity contribution is -0.0709. The Morgan fingerprint density at radius 2 is 1.64 bits per heavy atom. The van der Waals surface area contributed by atoms with Gasteiger partial charge < -0.3 is 10.2 Å². The summed E-state index contributed by atoms with van der Waals surface area (Å²) in [5.74, 6) is 0.121. The first-order chi connectivity index (χ1) is 16.0. The molecule has 3 fully saturated rings. The minimum atomic E-state index is -2.49. The molecule has 0 aromatic carbocycles. The van der Waals surface area contributed by atoms with Gasteiger partial charge in [-0.15, -0.1) is 0 Å². The maximum Gasteiger partial charge on any atom is 0.247 e. The van der Waals surface area contributed by atoms with Gasteiger partial charge in [-0.25, -0.2) is 13.2 Å². The van der Waals surface area contributed by atoms with Crippen LogP contribution in [0.4, 0.5) is 13.2 Å². The van der Waals surface area contributed by atoms with E-state index in [2.05, 4.69) is 19.9 Å². The summed E-state index contributed by atoms with van der Waals surface area (Å²) in [7, 11) is 0. The average molecular weight is 517 g/mol. The zero-order valence-corrected chi connectivity index (χ0v) is 23.3. The molecule has 0 heterocycles. The second-order valence-corrected chi connectivity index (χ2v) is 13.7. The molecule has 0 amide bonds. The van der Waals surface area contributed by atoms with Crippen molar-refractivity contribution >= 4 is 0 Å². The average Bonchev–Trinajstić information content (AvgIpc) is 3.09. The van der Waals surface area contributed by atoms with Crippen molar-refractivity contribution in [3.63, 3.8) is 0 Å². The molecular formula is C31H55F3O2. The zero-order valence-electron chi connectivity index (χ0n) is 23.3. The highest BCUT2D eigenvalue weighted by Gasteiger charge is 2.59. The molecule has 4 rings (SSSR count). The summed E-state index contributed by atoms with van der Waals surface area (Å²) in [6.07, 6.45) is 11.2. The second kappa shape index (κ2) is 10.9. The molecule has 5 heteroatoms. The predicted octanol–water partition coefficient (Wildman–Crippen LogP) is 8.89. The van der Waals surface area contributed by atoms with Crippen molar-refractivity contribution in [2.75, 3.05) is 0 Å². The van der Waals surface area contributed by atoms with E-state index in [4.69, 9.17) is 5.11 Å². The Labute approximate surface area is 219 Å². The van der Waals surface area contributed by atoms with Crippen LogP contribution in [-0.2, 0) is 0 Å². The lowest BCUT2D eigenvalue weighted by Gasteiger charge is -2.59. The molecule has 0 aromatic heterocycles. The van der Waals surface area contributed by atoms with Gasteiger partial charge in [-0.1, -0.05) is 39.8 Å². The van der Waals surface area contributed by atoms with Crippen molar-refractivity contribution in [2.45, 2.75) is 150 Å². The van der Waals surface area contributed by atoms with E-state index in [-0.39, 0.29) is 31.1 Å². The highest BCUT2D eigenvalue weighted by atomic mass is 19.3. The Kier molecular flexibility index (Phi) is 9.59. The van der Waals surface area contributed by atoms with Crippen LogP contribution in [-0.4, -0.2) is 33.5 Å². The third-order valence-corrected chi connectivity index (χ3v) is 10.9. The third kappa shape index (κ3) is 6.35. The van der Waals surface area contributed by atoms with E-state index in [9.17, 15) is 18.3 Å². The summed E-state index contributed by atoms with van der Waals surface area (Å²) >= 11 is 0. The highest BCUT2D eigenvalue weighted by molar-refractivity contribution is 5.26. The van der Waals surface area contributed by atoms with Crippen LogP contribution in [0.3, 0.4) is 0 Å². The highest BCUT2D eigenvalue weighted by Crippen LogP contribution is 2.67. The molecule has 36 heavy (non-hydrogen) atoms. The summed E-state index contributed by atoms with van der Waals surface area (Å²) in [5.41, 5.74) is 0.0301. The summed E-state index contributed by atoms with van der Waals surface area (Å²) in [4.78, 5) is 0. The van der Waals surface area contributed by atoms with E-state index in [1.807, 2.05) is 6.92 Å². The van der Waals surface area contributed by atoms with Gasteiger partial charge in [0, 0.05) is 12.8 Å². The summed E-state index contributed by atoms with van der Waals surface area (Å²) in [5, 5.41) is 19.1. The number of allylic oxidation sites excluding steroid dienone is 1. The number of hydrogen-bond acceptors (Lipinski definition) is 2. The maximum absolute atomic E-state index is 13.9. The first-order valence-corrected chi connectivity index (χ1v) is 14.1. The topological polar surface area (TPSA) is 40.5 Å². The van der Waals surface area contributed by atoms with E-state index >= 15 is 0 Å². The van der Waals surface area contributed by atoms with Gasteiger partial charge in [0.05, 0.1) is 11.7 Å². The van der Waals surface area contributed by atoms with Crippen LogP contribution in [0.2, 0.25) is 0 Å². The number of fused-ring (bicyclic) bond motifs is 5. The summed E-state index contributed by atoms with van der Waals surface area (Å²) in [6, 6.07) is 0. The van der Waals surface area contributed by atoms with Crippen LogP contribution in [0.25, 0.3) is 0 Å². The Hall–Kier alpha value is -0.550. The van der Waals surface area contributed by atoms with Gasteiger partial charge >= 0.3 is 0 Å². The van der Waals surface area contributed by atoms with E-state index in [1.165, 1.54) is 45.6 Å². The van der Waals surface area contributed by atoms with Crippen LogP contribution in [0, 0.1) is 34.5 Å². The van der Waals surface area contributed by atoms with E-state index in [0.29, 0.717) is 24.2 Å². The minimum absolute atomic E-state index is 0. The molecule has 0 radical (unpaired) electrons. The van der Waals surface area contributed by atoms with Crippen molar-refractivity contribution in [1.29, 1.82) is 0 Å². The fourth-order valence-electron chi connectivity index (χ4n) is 7.95. The monoisotopic (exact) mass is 516 g/mol. The molecule has 3 saturated carbocycles. The number of alkyl halides is 3. The van der Waals surface area contributed by atoms with Crippen LogP contribution in [0.15, 0.2) is 11.6 Å². The number of halogens is 3. The van der Waals surface area contributed by atoms with Crippen LogP contribution >= 0.6 is 0 Å². The molecule has 8 atom stereocenters. The molecule has 0 bridgehead atoms. The Balaban J connectivity index is 0.000000503. The van der Waals surface area contributed by atoms with Gasteiger partial charge in [-0.2, -0.15) is 0 Å². The van der Waals surface area contributed by atoms with E-state index in [0.717, 1.165) is 38.0 Å². The lowest BCUT2D eigenvalue weighted by atomic mass is 9.46. The van der Waals surface area contributed by atoms with Crippen LogP contribution in [0.1, 0.15) is 127 Å². The second-order valence-electron chi connectivity index (χ2n) is 13.7. The number of aliphatic hydroxyl groups excluding tert-OH is 1. The largest absolute Gasteiger partial charge is 0.390 e. The Morgan fingerprint density at radius 1 is 1.03 bits per heavy atom. The molecule has 0 aromatic rings. The SMILES string of the molecule is C.CC(O)C(C)(C)F.CCC(F)(F)CCC1CCC2C3CC=C4C[C@@](C)(O)CCC4(C)C3CCC12C. The first-order valence-electron chi connectivity index (χ1n) is 14.1. The van der Waals surface area contributed by atoms with Gasteiger partial charge in [0.2, 0.25) is 5.92 Å². The standard InChI is InChI=1S/C25H40F2O.C5H11FO.CH4/c1-5-25(26,27)13-10-17-7-9-20-19-8-6-18-16-22(2,28)14-15-24(18,4)21(19)11-12-23(17,20)3;1-4(7)5(2,3)6;/h6,17,19-21,28H,5,7-16H2,1-4H3;4,7H,1-3H3;1H4/t17?,19?,20?,21?,22-,23?,24?;;/m0../s1. The molecule has 0 aliphatic heterocycles. The molecule has 0 spiro atoms. The van der Waals surface area contributed by atoms with Crippen molar-refractivity contribution < 1.29 is 23.4 Å². The van der Waals surface area contributed by atoms with Crippen molar-refractivity contribution in [3.8, 4) is 0 Å². The Bertz CT molecular complexity index is 768. The van der Waals surface area contributed by atoms with Gasteiger partial charge in [-0.3, -0.25) is 0 Å². The normalized spacial score (nSPS) is 40.9. The smallest absolute Gasteiger partial charge is 0.247 e. The fourth-order valence-corrected chi connectivity index (χ4v) is 7.95. The van der Waals surface area contributed by atoms with Gasteiger partial charge in [0.15, 0.2) is 0 Å². The molecule has 2 nitrogen and oxygen atoms in total. The van der Waals surface area contributed by atoms with Crippen molar-refractivity contribution in [2.24, 2.45) is 34.5 Å². The summed E-state index contributed by atoms with van der Waals surface area (Å²) in [6.45, 7) is 12.6.